The molecular formula is C24H29NO3. The van der Waals surface area contributed by atoms with Crippen molar-refractivity contribution in [3.63, 3.8) is 0 Å². The number of carbonyl (C=O) groups is 1. The Labute approximate surface area is 166 Å². The van der Waals surface area contributed by atoms with Crippen LogP contribution in [0.3, 0.4) is 0 Å². The number of phenolic OH excluding ortho intramolecular Hbond substituents is 1. The Hall–Kier alpha value is -2.07. The fraction of sp³-hybridized carbons (Fsp3) is 0.542. The molecule has 28 heavy (non-hydrogen) atoms. The Morgan fingerprint density at radius 1 is 1.21 bits per heavy atom. The number of amides is 1. The van der Waals surface area contributed by atoms with Crippen molar-refractivity contribution in [2.75, 3.05) is 6.61 Å². The highest BCUT2D eigenvalue weighted by Crippen LogP contribution is 2.71. The van der Waals surface area contributed by atoms with Crippen molar-refractivity contribution in [1.29, 1.82) is 0 Å². The van der Waals surface area contributed by atoms with E-state index in [9.17, 15) is 9.90 Å². The lowest BCUT2D eigenvalue weighted by atomic mass is 9.58. The molecule has 3 fully saturated rings. The lowest BCUT2D eigenvalue weighted by Crippen LogP contribution is -2.58. The van der Waals surface area contributed by atoms with Crippen molar-refractivity contribution in [3.05, 3.63) is 42.0 Å². The van der Waals surface area contributed by atoms with Gasteiger partial charge in [0.25, 0.3) is 0 Å². The molecule has 1 spiro atoms. The summed E-state index contributed by atoms with van der Waals surface area (Å²) < 4.78 is 6.36. The smallest absolute Gasteiger partial charge is 0.217 e. The van der Waals surface area contributed by atoms with Crippen LogP contribution in [0.15, 0.2) is 36.4 Å². The van der Waals surface area contributed by atoms with Crippen LogP contribution in [-0.4, -0.2) is 23.7 Å². The highest BCUT2D eigenvalue weighted by molar-refractivity contribution is 5.88. The maximum Gasteiger partial charge on any atom is 0.217 e. The highest BCUT2D eigenvalue weighted by Gasteiger charge is 2.68. The summed E-state index contributed by atoms with van der Waals surface area (Å²) >= 11 is 0. The summed E-state index contributed by atoms with van der Waals surface area (Å²) in [7, 11) is 0. The van der Waals surface area contributed by atoms with E-state index < -0.39 is 0 Å². The van der Waals surface area contributed by atoms with Crippen LogP contribution in [0.2, 0.25) is 0 Å². The average molecular weight is 380 g/mol. The number of benzene rings is 2. The molecule has 2 N–H and O–H groups in total. The number of hydrogen-bond acceptors (Lipinski definition) is 3. The topological polar surface area (TPSA) is 58.6 Å². The van der Waals surface area contributed by atoms with Crippen LogP contribution < -0.4 is 5.32 Å². The quantitative estimate of drug-likeness (QED) is 0.804. The normalized spacial score (nSPS) is 35.7. The summed E-state index contributed by atoms with van der Waals surface area (Å²) in [6.07, 6.45) is 3.08. The lowest BCUT2D eigenvalue weighted by Gasteiger charge is -2.53. The molecule has 1 saturated heterocycles. The van der Waals surface area contributed by atoms with E-state index in [1.54, 1.807) is 13.0 Å². The second-order valence-electron chi connectivity index (χ2n) is 9.69. The molecular weight excluding hydrogens is 350 g/mol. The molecule has 0 radical (unpaired) electrons. The van der Waals surface area contributed by atoms with Crippen molar-refractivity contribution in [2.45, 2.75) is 52.2 Å². The maximum atomic E-state index is 12.0. The Kier molecular flexibility index (Phi) is 3.83. The molecule has 1 heterocycles. The third kappa shape index (κ3) is 2.30. The summed E-state index contributed by atoms with van der Waals surface area (Å²) in [4.78, 5) is 12.0. The third-order valence-corrected chi connectivity index (χ3v) is 8.08. The average Bonchev–Trinajstić information content (AvgIpc) is 3.14. The number of rotatable bonds is 2. The number of phenols is 1. The molecule has 2 aromatic rings. The number of ether oxygens (including phenoxy) is 1. The predicted molar refractivity (Wildman–Crippen MR) is 109 cm³/mol. The van der Waals surface area contributed by atoms with E-state index >= 15 is 0 Å². The van der Waals surface area contributed by atoms with Crippen LogP contribution in [0.25, 0.3) is 10.8 Å². The molecule has 5 atom stereocenters. The molecule has 2 aromatic carbocycles. The van der Waals surface area contributed by atoms with Gasteiger partial charge in [-0.25, -0.2) is 0 Å². The molecule has 0 unspecified atom stereocenters. The minimum atomic E-state index is -0.128. The minimum Gasteiger partial charge on any atom is -0.508 e. The van der Waals surface area contributed by atoms with Gasteiger partial charge in [-0.2, -0.15) is 0 Å². The van der Waals surface area contributed by atoms with Gasteiger partial charge >= 0.3 is 0 Å². The number of aromatic hydroxyl groups is 1. The highest BCUT2D eigenvalue weighted by atomic mass is 16.5. The van der Waals surface area contributed by atoms with Crippen LogP contribution in [-0.2, 0) is 9.53 Å². The molecule has 5 rings (SSSR count). The molecule has 148 valence electrons. The molecule has 2 saturated carbocycles. The Bertz CT molecular complexity index is 952. The van der Waals surface area contributed by atoms with Gasteiger partial charge in [0.05, 0.1) is 6.10 Å². The van der Waals surface area contributed by atoms with Crippen molar-refractivity contribution in [3.8, 4) is 5.75 Å². The number of carbonyl (C=O) groups excluding carboxylic acids is 1. The Morgan fingerprint density at radius 2 is 2.00 bits per heavy atom. The molecule has 4 heteroatoms. The molecule has 4 nitrogen and oxygen atoms in total. The van der Waals surface area contributed by atoms with E-state index in [-0.39, 0.29) is 28.9 Å². The van der Waals surface area contributed by atoms with E-state index in [1.807, 2.05) is 18.2 Å². The van der Waals surface area contributed by atoms with E-state index in [0.29, 0.717) is 24.2 Å². The summed E-state index contributed by atoms with van der Waals surface area (Å²) in [5.41, 5.74) is 1.06. The largest absolute Gasteiger partial charge is 0.508 e. The summed E-state index contributed by atoms with van der Waals surface area (Å²) in [5, 5.41) is 16.3. The van der Waals surface area contributed by atoms with Crippen LogP contribution in [0.5, 0.6) is 5.75 Å². The first-order chi connectivity index (χ1) is 13.3. The SMILES string of the molecule is CC(=O)N[C@@H]1C(C)(C)[C@@H]2C[C@@H]3[C@@H](c4c(O)ccc5ccccc45)OCC[C@@]31C2. The zero-order valence-electron chi connectivity index (χ0n) is 16.9. The van der Waals surface area contributed by atoms with Gasteiger partial charge in [0, 0.05) is 25.1 Å². The van der Waals surface area contributed by atoms with Gasteiger partial charge < -0.3 is 15.2 Å². The van der Waals surface area contributed by atoms with Gasteiger partial charge in [-0.3, -0.25) is 4.79 Å². The first-order valence-electron chi connectivity index (χ1n) is 10.4. The van der Waals surface area contributed by atoms with E-state index in [1.165, 1.54) is 0 Å². The van der Waals surface area contributed by atoms with Gasteiger partial charge in [0.2, 0.25) is 5.91 Å². The molecule has 1 amide bonds. The van der Waals surface area contributed by atoms with E-state index in [2.05, 4.69) is 31.3 Å². The molecule has 2 aliphatic carbocycles. The van der Waals surface area contributed by atoms with E-state index in [4.69, 9.17) is 4.74 Å². The van der Waals surface area contributed by atoms with Crippen molar-refractivity contribution >= 4 is 16.7 Å². The second-order valence-corrected chi connectivity index (χ2v) is 9.69. The van der Waals surface area contributed by atoms with Crippen LogP contribution in [0.1, 0.15) is 51.7 Å². The Morgan fingerprint density at radius 3 is 2.79 bits per heavy atom. The number of nitrogens with one attached hydrogen (secondary N) is 1. The van der Waals surface area contributed by atoms with Crippen molar-refractivity contribution in [2.24, 2.45) is 22.7 Å². The van der Waals surface area contributed by atoms with Crippen LogP contribution >= 0.6 is 0 Å². The summed E-state index contributed by atoms with van der Waals surface area (Å²) in [6.45, 7) is 6.91. The monoisotopic (exact) mass is 379 g/mol. The third-order valence-electron chi connectivity index (χ3n) is 8.08. The summed E-state index contributed by atoms with van der Waals surface area (Å²) in [6, 6.07) is 12.1. The fourth-order valence-corrected chi connectivity index (χ4v) is 6.86. The van der Waals surface area contributed by atoms with Gasteiger partial charge in [-0.1, -0.05) is 44.2 Å². The van der Waals surface area contributed by atoms with Crippen LogP contribution in [0, 0.1) is 22.7 Å². The first-order valence-corrected chi connectivity index (χ1v) is 10.4. The van der Waals surface area contributed by atoms with Crippen molar-refractivity contribution in [1.82, 2.24) is 5.32 Å². The second kappa shape index (κ2) is 5.96. The van der Waals surface area contributed by atoms with Gasteiger partial charge in [-0.05, 0) is 58.8 Å². The standard InChI is InChI=1S/C24H29NO3/c1-14(26)25-22-23(2,3)16-12-18-21(28-11-10-24(18,22)13-16)20-17-7-5-4-6-15(17)8-9-19(20)27/h4-9,16,18,21-22,27H,10-13H2,1-3H3,(H,25,26)/t16-,18-,21+,22-,24-/m1/s1. The first kappa shape index (κ1) is 18.0. The molecule has 1 aliphatic heterocycles. The van der Waals surface area contributed by atoms with Crippen LogP contribution in [0.4, 0.5) is 0 Å². The van der Waals surface area contributed by atoms with E-state index in [0.717, 1.165) is 35.6 Å². The van der Waals surface area contributed by atoms with Gasteiger partial charge in [0.15, 0.2) is 0 Å². The van der Waals surface area contributed by atoms with Crippen molar-refractivity contribution < 1.29 is 14.6 Å². The molecule has 0 aromatic heterocycles. The van der Waals surface area contributed by atoms with Gasteiger partial charge in [0.1, 0.15) is 5.75 Å². The predicted octanol–water partition coefficient (Wildman–Crippen LogP) is 4.56. The fourth-order valence-electron chi connectivity index (χ4n) is 6.86. The zero-order chi connectivity index (χ0) is 19.7. The van der Waals surface area contributed by atoms with Gasteiger partial charge in [-0.15, -0.1) is 0 Å². The molecule has 2 bridgehead atoms. The summed E-state index contributed by atoms with van der Waals surface area (Å²) in [5.74, 6) is 1.25. The zero-order valence-corrected chi connectivity index (χ0v) is 16.9. The Balaban J connectivity index is 1.62. The molecule has 3 aliphatic rings. The number of fused-ring (bicyclic) bond motifs is 2. The maximum absolute atomic E-state index is 12.0. The minimum absolute atomic E-state index is 0.0478. The number of hydrogen-bond donors (Lipinski definition) is 2. The lowest BCUT2D eigenvalue weighted by molar-refractivity contribution is -0.136.